The Morgan fingerprint density at radius 3 is 2.04 bits per heavy atom. The first-order valence-electron chi connectivity index (χ1n) is 8.38. The lowest BCUT2D eigenvalue weighted by Crippen LogP contribution is -2.64. The van der Waals surface area contributed by atoms with E-state index in [0.29, 0.717) is 0 Å². The second-order valence-electron chi connectivity index (χ2n) is 9.00. The van der Waals surface area contributed by atoms with Crippen LogP contribution in [0.4, 0.5) is 13.2 Å². The summed E-state index contributed by atoms with van der Waals surface area (Å²) in [5.74, 6) is -5.11. The summed E-state index contributed by atoms with van der Waals surface area (Å²) in [6.45, 7) is 13.1. The average molecular weight is 389 g/mol. The summed E-state index contributed by atoms with van der Waals surface area (Å²) in [6.07, 6.45) is -2.69. The van der Waals surface area contributed by atoms with Crippen molar-refractivity contribution >= 4 is 18.4 Å². The smallest absolute Gasteiger partial charge is 0.300 e. The predicted octanol–water partition coefficient (Wildman–Crippen LogP) is 5.14. The highest BCUT2D eigenvalue weighted by molar-refractivity contribution is 7.89. The minimum absolute atomic E-state index is 0.102. The fraction of sp³-hybridized carbons (Fsp3) is 1.00. The van der Waals surface area contributed by atoms with Gasteiger partial charge in [0.2, 0.25) is 8.32 Å². The molecule has 0 aliphatic heterocycles. The number of rotatable bonds is 4. The molecule has 0 radical (unpaired) electrons. The van der Waals surface area contributed by atoms with E-state index in [-0.39, 0.29) is 18.8 Å². The van der Waals surface area contributed by atoms with Crippen molar-refractivity contribution in [3.05, 3.63) is 0 Å². The van der Waals surface area contributed by atoms with Gasteiger partial charge in [-0.25, -0.2) is 13.2 Å². The van der Waals surface area contributed by atoms with Gasteiger partial charge in [0.05, 0.1) is 0 Å². The van der Waals surface area contributed by atoms with Crippen LogP contribution in [-0.4, -0.2) is 33.6 Å². The normalized spacial score (nSPS) is 32.2. The third-order valence-corrected chi connectivity index (χ3v) is 13.7. The highest BCUT2D eigenvalue weighted by Crippen LogP contribution is 2.53. The third-order valence-electron chi connectivity index (χ3n) is 5.91. The molecule has 1 fully saturated rings. The number of hydrogen-bond donors (Lipinski definition) is 0. The van der Waals surface area contributed by atoms with E-state index in [0.717, 1.165) is 6.92 Å². The highest BCUT2D eigenvalue weighted by atomic mass is 32.2. The van der Waals surface area contributed by atoms with E-state index in [1.54, 1.807) is 26.9 Å². The lowest BCUT2D eigenvalue weighted by atomic mass is 9.73. The Morgan fingerprint density at radius 2 is 1.67 bits per heavy atom. The number of halogens is 3. The van der Waals surface area contributed by atoms with Gasteiger partial charge in [-0.2, -0.15) is 8.42 Å². The first-order chi connectivity index (χ1) is 10.4. The molecule has 0 aromatic heterocycles. The molecule has 0 bridgehead atoms. The SMILES string of the molecule is CC(C)C1CCC(C)(S(=O)(=O)O[Si](C)(C)C(C)(C)C)C(F)(F)C1F. The topological polar surface area (TPSA) is 43.4 Å². The molecule has 24 heavy (non-hydrogen) atoms. The van der Waals surface area contributed by atoms with Crippen LogP contribution in [0.1, 0.15) is 54.4 Å². The largest absolute Gasteiger partial charge is 0.314 e. The maximum absolute atomic E-state index is 14.8. The molecule has 0 N–H and O–H groups in total. The quantitative estimate of drug-likeness (QED) is 0.627. The molecule has 0 heterocycles. The van der Waals surface area contributed by atoms with Crippen molar-refractivity contribution < 1.29 is 25.5 Å². The number of hydrogen-bond acceptors (Lipinski definition) is 3. The summed E-state index contributed by atoms with van der Waals surface area (Å²) < 4.78 is 72.5. The molecule has 3 atom stereocenters. The molecular weight excluding hydrogens is 357 g/mol. The Kier molecular flexibility index (Phi) is 5.73. The molecule has 0 aromatic rings. The average Bonchev–Trinajstić information content (AvgIpc) is 2.33. The molecule has 1 aliphatic carbocycles. The Hall–Kier alpha value is -0.0831. The Balaban J connectivity index is 3.28. The van der Waals surface area contributed by atoms with Crippen LogP contribution in [0.2, 0.25) is 18.1 Å². The fourth-order valence-corrected chi connectivity index (χ4v) is 7.51. The molecule has 1 saturated carbocycles. The van der Waals surface area contributed by atoms with Crippen LogP contribution in [0.3, 0.4) is 0 Å². The molecule has 8 heteroatoms. The van der Waals surface area contributed by atoms with Crippen molar-refractivity contribution in [3.63, 3.8) is 0 Å². The summed E-state index contributed by atoms with van der Waals surface area (Å²) in [4.78, 5) is 0. The van der Waals surface area contributed by atoms with E-state index < -0.39 is 46.2 Å². The maximum atomic E-state index is 14.8. The molecule has 1 aliphatic rings. The van der Waals surface area contributed by atoms with Crippen molar-refractivity contribution in [2.75, 3.05) is 0 Å². The van der Waals surface area contributed by atoms with Gasteiger partial charge in [0, 0.05) is 0 Å². The van der Waals surface area contributed by atoms with Crippen molar-refractivity contribution in [1.29, 1.82) is 0 Å². The van der Waals surface area contributed by atoms with Crippen LogP contribution >= 0.6 is 0 Å². The van der Waals surface area contributed by atoms with Crippen LogP contribution in [0.25, 0.3) is 0 Å². The summed E-state index contributed by atoms with van der Waals surface area (Å²) >= 11 is 0. The van der Waals surface area contributed by atoms with Crippen LogP contribution < -0.4 is 0 Å². The van der Waals surface area contributed by atoms with Crippen molar-refractivity contribution in [1.82, 2.24) is 0 Å². The van der Waals surface area contributed by atoms with Gasteiger partial charge in [-0.3, -0.25) is 0 Å². The third kappa shape index (κ3) is 3.42. The van der Waals surface area contributed by atoms with Crippen LogP contribution in [0, 0.1) is 11.8 Å². The van der Waals surface area contributed by atoms with E-state index >= 15 is 0 Å². The first-order valence-corrected chi connectivity index (χ1v) is 12.7. The van der Waals surface area contributed by atoms with E-state index in [2.05, 4.69) is 0 Å². The predicted molar refractivity (Wildman–Crippen MR) is 93.0 cm³/mol. The molecule has 1 rings (SSSR count). The van der Waals surface area contributed by atoms with Crippen molar-refractivity contribution in [3.8, 4) is 0 Å². The molecule has 0 aromatic carbocycles. The van der Waals surface area contributed by atoms with E-state index in [9.17, 15) is 21.6 Å². The van der Waals surface area contributed by atoms with Crippen LogP contribution in [-0.2, 0) is 14.0 Å². The minimum Gasteiger partial charge on any atom is -0.314 e. The fourth-order valence-electron chi connectivity index (χ4n) is 2.77. The Morgan fingerprint density at radius 1 is 1.21 bits per heavy atom. The van der Waals surface area contributed by atoms with Crippen molar-refractivity contribution in [2.24, 2.45) is 11.8 Å². The Labute approximate surface area is 145 Å². The summed E-state index contributed by atoms with van der Waals surface area (Å²) in [6, 6.07) is 0. The zero-order valence-corrected chi connectivity index (χ0v) is 17.7. The molecule has 3 unspecified atom stereocenters. The standard InChI is InChI=1S/C16H31F3O3SSi/c1-11(2)12-9-10-15(6,16(18,19)13(12)17)23(20,21)22-24(7,8)14(3,4)5/h11-13H,9-10H2,1-8H3. The summed E-state index contributed by atoms with van der Waals surface area (Å²) in [7, 11) is -7.48. The molecule has 0 spiro atoms. The van der Waals surface area contributed by atoms with Gasteiger partial charge in [-0.05, 0) is 49.7 Å². The molecular formula is C16H31F3O3SSi. The van der Waals surface area contributed by atoms with Crippen LogP contribution in [0.15, 0.2) is 0 Å². The molecule has 0 saturated heterocycles. The highest BCUT2D eigenvalue weighted by Gasteiger charge is 2.69. The van der Waals surface area contributed by atoms with Gasteiger partial charge in [0.25, 0.3) is 16.0 Å². The minimum atomic E-state index is -4.64. The molecule has 144 valence electrons. The summed E-state index contributed by atoms with van der Waals surface area (Å²) in [5.41, 5.74) is 0. The summed E-state index contributed by atoms with van der Waals surface area (Å²) in [5, 5.41) is -0.462. The van der Waals surface area contributed by atoms with E-state index in [1.807, 2.05) is 20.8 Å². The molecule has 0 amide bonds. The van der Waals surface area contributed by atoms with Gasteiger partial charge in [-0.1, -0.05) is 34.6 Å². The zero-order chi connectivity index (χ0) is 19.4. The van der Waals surface area contributed by atoms with Gasteiger partial charge >= 0.3 is 0 Å². The second-order valence-corrected chi connectivity index (χ2v) is 16.0. The van der Waals surface area contributed by atoms with Crippen molar-refractivity contribution in [2.45, 2.75) is 89.4 Å². The van der Waals surface area contributed by atoms with Gasteiger partial charge in [-0.15, -0.1) is 0 Å². The first kappa shape index (κ1) is 22.0. The Bertz CT molecular complexity index is 570. The molecule has 3 nitrogen and oxygen atoms in total. The van der Waals surface area contributed by atoms with Gasteiger partial charge < -0.3 is 3.87 Å². The monoisotopic (exact) mass is 388 g/mol. The maximum Gasteiger partial charge on any atom is 0.300 e. The van der Waals surface area contributed by atoms with Crippen LogP contribution in [0.5, 0.6) is 0 Å². The number of alkyl halides is 3. The van der Waals surface area contributed by atoms with E-state index in [4.69, 9.17) is 3.87 Å². The lowest BCUT2D eigenvalue weighted by Gasteiger charge is -2.47. The van der Waals surface area contributed by atoms with E-state index in [1.165, 1.54) is 0 Å². The zero-order valence-electron chi connectivity index (χ0n) is 15.9. The second kappa shape index (κ2) is 6.27. The van der Waals surface area contributed by atoms with Gasteiger partial charge in [0.15, 0.2) is 10.9 Å². The van der Waals surface area contributed by atoms with Gasteiger partial charge in [0.1, 0.15) is 0 Å². The lowest BCUT2D eigenvalue weighted by molar-refractivity contribution is -0.151.